The molecule has 0 radical (unpaired) electrons. The third kappa shape index (κ3) is 3.84. The Bertz CT molecular complexity index is 403. The monoisotopic (exact) mass is 248 g/mol. The minimum absolute atomic E-state index is 0.184. The van der Waals surface area contributed by atoms with Gasteiger partial charge in [-0.1, -0.05) is 17.7 Å². The Kier molecular flexibility index (Phi) is 5.35. The quantitative estimate of drug-likeness (QED) is 0.866. The van der Waals surface area contributed by atoms with Crippen molar-refractivity contribution in [1.82, 2.24) is 10.2 Å². The Hall–Kier alpha value is -1.35. The smallest absolute Gasteiger partial charge is 0.223 e. The topological polar surface area (TPSA) is 32.3 Å². The highest BCUT2D eigenvalue weighted by molar-refractivity contribution is 5.76. The van der Waals surface area contributed by atoms with Crippen LogP contribution in [0.25, 0.3) is 0 Å². The molecule has 0 fully saturated rings. The third-order valence-corrected chi connectivity index (χ3v) is 3.25. The van der Waals surface area contributed by atoms with Gasteiger partial charge in [0.2, 0.25) is 5.91 Å². The van der Waals surface area contributed by atoms with E-state index in [1.807, 2.05) is 19.0 Å². The van der Waals surface area contributed by atoms with Crippen molar-refractivity contribution in [3.05, 3.63) is 34.4 Å². The molecule has 18 heavy (non-hydrogen) atoms. The summed E-state index contributed by atoms with van der Waals surface area (Å²) in [5.41, 5.74) is 5.07. The van der Waals surface area contributed by atoms with E-state index in [2.05, 4.69) is 38.2 Å². The molecule has 0 aliphatic carbocycles. The van der Waals surface area contributed by atoms with Crippen LogP contribution in [-0.4, -0.2) is 31.4 Å². The highest BCUT2D eigenvalue weighted by Crippen LogP contribution is 2.18. The first kappa shape index (κ1) is 14.7. The molecule has 100 valence electrons. The number of rotatable bonds is 5. The number of hydrogen-bond donors (Lipinski definition) is 1. The fourth-order valence-corrected chi connectivity index (χ4v) is 2.21. The van der Waals surface area contributed by atoms with Gasteiger partial charge in [-0.3, -0.25) is 4.79 Å². The molecule has 1 N–H and O–H groups in total. The summed E-state index contributed by atoms with van der Waals surface area (Å²) in [4.78, 5) is 13.7. The molecule has 3 nitrogen and oxygen atoms in total. The number of amides is 1. The van der Waals surface area contributed by atoms with Gasteiger partial charge >= 0.3 is 0 Å². The average Bonchev–Trinajstić information content (AvgIpc) is 2.30. The van der Waals surface area contributed by atoms with Gasteiger partial charge in [-0.15, -0.1) is 0 Å². The van der Waals surface area contributed by atoms with E-state index in [4.69, 9.17) is 0 Å². The van der Waals surface area contributed by atoms with Crippen molar-refractivity contribution in [2.45, 2.75) is 33.7 Å². The van der Waals surface area contributed by atoms with Gasteiger partial charge in [0.05, 0.1) is 0 Å². The first-order chi connectivity index (χ1) is 8.45. The standard InChI is InChI=1S/C15H24N2O/c1-11-8-12(2)14(13(3)9-11)10-17(5)15(18)6-7-16-4/h8-9,16H,6-7,10H2,1-5H3. The molecule has 0 saturated heterocycles. The second-order valence-electron chi connectivity index (χ2n) is 4.98. The number of hydrogen-bond acceptors (Lipinski definition) is 2. The predicted octanol–water partition coefficient (Wildman–Crippen LogP) is 2.18. The van der Waals surface area contributed by atoms with Crippen molar-refractivity contribution in [3.8, 4) is 0 Å². The Morgan fingerprint density at radius 1 is 1.22 bits per heavy atom. The summed E-state index contributed by atoms with van der Waals surface area (Å²) < 4.78 is 0. The van der Waals surface area contributed by atoms with E-state index in [9.17, 15) is 4.79 Å². The van der Waals surface area contributed by atoms with Crippen LogP contribution < -0.4 is 5.32 Å². The molecule has 0 saturated carbocycles. The third-order valence-electron chi connectivity index (χ3n) is 3.25. The summed E-state index contributed by atoms with van der Waals surface area (Å²) in [5, 5.41) is 3.00. The highest BCUT2D eigenvalue weighted by atomic mass is 16.2. The summed E-state index contributed by atoms with van der Waals surface area (Å²) >= 11 is 0. The maximum atomic E-state index is 11.9. The molecule has 0 heterocycles. The predicted molar refractivity (Wildman–Crippen MR) is 75.7 cm³/mol. The molecule has 1 amide bonds. The Labute approximate surface area is 110 Å². The maximum Gasteiger partial charge on any atom is 0.223 e. The average molecular weight is 248 g/mol. The number of aryl methyl sites for hydroxylation is 3. The van der Waals surface area contributed by atoms with E-state index >= 15 is 0 Å². The van der Waals surface area contributed by atoms with Gasteiger partial charge in [0, 0.05) is 26.6 Å². The molecule has 0 aliphatic rings. The molecule has 0 atom stereocenters. The van der Waals surface area contributed by atoms with Crippen molar-refractivity contribution < 1.29 is 4.79 Å². The van der Waals surface area contributed by atoms with Gasteiger partial charge in [0.25, 0.3) is 0 Å². The van der Waals surface area contributed by atoms with Crippen LogP contribution in [-0.2, 0) is 11.3 Å². The lowest BCUT2D eigenvalue weighted by Crippen LogP contribution is -2.29. The minimum Gasteiger partial charge on any atom is -0.341 e. The summed E-state index contributed by atoms with van der Waals surface area (Å²) in [7, 11) is 3.73. The number of benzene rings is 1. The van der Waals surface area contributed by atoms with Gasteiger partial charge in [-0.05, 0) is 44.5 Å². The van der Waals surface area contributed by atoms with Gasteiger partial charge in [0.1, 0.15) is 0 Å². The van der Waals surface area contributed by atoms with Crippen molar-refractivity contribution in [2.24, 2.45) is 0 Å². The van der Waals surface area contributed by atoms with E-state index in [0.717, 1.165) is 6.54 Å². The van der Waals surface area contributed by atoms with Crippen LogP contribution in [0.2, 0.25) is 0 Å². The van der Waals surface area contributed by atoms with Crippen LogP contribution in [0.15, 0.2) is 12.1 Å². The van der Waals surface area contributed by atoms with Crippen molar-refractivity contribution in [3.63, 3.8) is 0 Å². The molecule has 0 unspecified atom stereocenters. The van der Waals surface area contributed by atoms with Gasteiger partial charge < -0.3 is 10.2 Å². The number of carbonyl (C=O) groups excluding carboxylic acids is 1. The number of nitrogens with zero attached hydrogens (tertiary/aromatic N) is 1. The van der Waals surface area contributed by atoms with Crippen LogP contribution in [0.4, 0.5) is 0 Å². The molecule has 0 spiro atoms. The van der Waals surface area contributed by atoms with Crippen LogP contribution in [0, 0.1) is 20.8 Å². The Balaban J connectivity index is 2.75. The van der Waals surface area contributed by atoms with Gasteiger partial charge in [-0.2, -0.15) is 0 Å². The number of nitrogens with one attached hydrogen (secondary N) is 1. The summed E-state index contributed by atoms with van der Waals surface area (Å²) in [6.45, 7) is 7.75. The molecule has 0 aliphatic heterocycles. The van der Waals surface area contributed by atoms with E-state index in [1.54, 1.807) is 0 Å². The highest BCUT2D eigenvalue weighted by Gasteiger charge is 2.11. The van der Waals surface area contributed by atoms with E-state index < -0.39 is 0 Å². The summed E-state index contributed by atoms with van der Waals surface area (Å²) in [6.07, 6.45) is 0.553. The number of carbonyl (C=O) groups is 1. The van der Waals surface area contributed by atoms with E-state index in [1.165, 1.54) is 22.3 Å². The van der Waals surface area contributed by atoms with Crippen molar-refractivity contribution in [1.29, 1.82) is 0 Å². The Morgan fingerprint density at radius 2 is 1.78 bits per heavy atom. The molecule has 1 aromatic carbocycles. The largest absolute Gasteiger partial charge is 0.341 e. The fourth-order valence-electron chi connectivity index (χ4n) is 2.21. The Morgan fingerprint density at radius 3 is 2.28 bits per heavy atom. The van der Waals surface area contributed by atoms with Crippen molar-refractivity contribution >= 4 is 5.91 Å². The first-order valence-electron chi connectivity index (χ1n) is 6.41. The molecule has 1 rings (SSSR count). The lowest BCUT2D eigenvalue weighted by atomic mass is 9.99. The summed E-state index contributed by atoms with van der Waals surface area (Å²) in [6, 6.07) is 4.35. The second-order valence-corrected chi connectivity index (χ2v) is 4.98. The second kappa shape index (κ2) is 6.55. The minimum atomic E-state index is 0.184. The zero-order valence-corrected chi connectivity index (χ0v) is 12.1. The fraction of sp³-hybridized carbons (Fsp3) is 0.533. The SMILES string of the molecule is CNCCC(=O)N(C)Cc1c(C)cc(C)cc1C. The normalized spacial score (nSPS) is 10.5. The maximum absolute atomic E-state index is 11.9. The zero-order chi connectivity index (χ0) is 13.7. The molecule has 3 heteroatoms. The molecule has 0 aromatic heterocycles. The van der Waals surface area contributed by atoms with Crippen molar-refractivity contribution in [2.75, 3.05) is 20.6 Å². The lowest BCUT2D eigenvalue weighted by molar-refractivity contribution is -0.130. The van der Waals surface area contributed by atoms with Gasteiger partial charge in [-0.25, -0.2) is 0 Å². The van der Waals surface area contributed by atoms with Crippen LogP contribution in [0.5, 0.6) is 0 Å². The van der Waals surface area contributed by atoms with Crippen LogP contribution in [0.3, 0.4) is 0 Å². The molecular formula is C15H24N2O. The molecule has 0 bridgehead atoms. The van der Waals surface area contributed by atoms with Crippen LogP contribution >= 0.6 is 0 Å². The first-order valence-corrected chi connectivity index (χ1v) is 6.41. The van der Waals surface area contributed by atoms with Gasteiger partial charge in [0.15, 0.2) is 0 Å². The lowest BCUT2D eigenvalue weighted by Gasteiger charge is -2.20. The van der Waals surface area contributed by atoms with E-state index in [-0.39, 0.29) is 5.91 Å². The molecular weight excluding hydrogens is 224 g/mol. The summed E-state index contributed by atoms with van der Waals surface area (Å²) in [5.74, 6) is 0.184. The zero-order valence-electron chi connectivity index (χ0n) is 12.1. The van der Waals surface area contributed by atoms with E-state index in [0.29, 0.717) is 13.0 Å². The molecule has 1 aromatic rings. The van der Waals surface area contributed by atoms with Crippen LogP contribution in [0.1, 0.15) is 28.7 Å².